The maximum Gasteiger partial charge on any atom is 0.220 e. The Bertz CT molecular complexity index is 501. The molecule has 164 valence electrons. The third-order valence-corrected chi connectivity index (χ3v) is 4.51. The van der Waals surface area contributed by atoms with Gasteiger partial charge < -0.3 is 20.1 Å². The number of ether oxygens (including phenoxy) is 2. The molecule has 0 spiro atoms. The Hall–Kier alpha value is -1.24. The highest BCUT2D eigenvalue weighted by Gasteiger charge is 2.25. The molecule has 0 bridgehead atoms. The van der Waals surface area contributed by atoms with Crippen molar-refractivity contribution in [1.82, 2.24) is 10.6 Å². The molecule has 0 radical (unpaired) electrons. The third-order valence-electron chi connectivity index (χ3n) is 4.51. The second kappa shape index (κ2) is 13.1. The number of likely N-dealkylation sites (N-methyl/N-ethyl adjacent to an activating group) is 1. The Morgan fingerprint density at radius 1 is 1.04 bits per heavy atom. The van der Waals surface area contributed by atoms with Gasteiger partial charge in [0, 0.05) is 25.5 Å². The lowest BCUT2D eigenvalue weighted by Crippen LogP contribution is -2.34. The van der Waals surface area contributed by atoms with Crippen molar-refractivity contribution in [3.05, 3.63) is 12.2 Å². The molecule has 1 atom stereocenters. The molecule has 0 heterocycles. The number of rotatable bonds is 16. The van der Waals surface area contributed by atoms with Gasteiger partial charge in [-0.1, -0.05) is 39.8 Å². The first-order valence-corrected chi connectivity index (χ1v) is 10.1. The number of carbonyl (C=O) groups is 2. The molecule has 0 aromatic heterocycles. The highest BCUT2D eigenvalue weighted by molar-refractivity contribution is 5.84. The third kappa shape index (κ3) is 12.3. The summed E-state index contributed by atoms with van der Waals surface area (Å²) >= 11 is 0. The highest BCUT2D eigenvalue weighted by atomic mass is 16.5. The fraction of sp³-hybridized carbons (Fsp3) is 0.818. The van der Waals surface area contributed by atoms with Crippen molar-refractivity contribution in [3.63, 3.8) is 0 Å². The topological polar surface area (TPSA) is 76.7 Å². The normalized spacial score (nSPS) is 13.2. The van der Waals surface area contributed by atoms with Crippen LogP contribution in [0.4, 0.5) is 0 Å². The molecule has 0 saturated heterocycles. The number of ketones is 1. The van der Waals surface area contributed by atoms with Crippen molar-refractivity contribution in [2.75, 3.05) is 40.5 Å². The standard InChI is InChI=1S/C22H42N2O4/c1-17(20(23-7)18(2)25)11-9-10-12-24-19(26)13-21(3,4)15-28-16-22(5,6)14-27-8/h20,23H,1,9-16H2,2-8H3,(H,24,26)/t20-/m0/s1. The van der Waals surface area contributed by atoms with E-state index in [0.717, 1.165) is 24.8 Å². The fourth-order valence-corrected chi connectivity index (χ4v) is 3.13. The molecule has 0 aliphatic heterocycles. The average molecular weight is 399 g/mol. The Morgan fingerprint density at radius 3 is 2.18 bits per heavy atom. The van der Waals surface area contributed by atoms with Crippen LogP contribution in [0.15, 0.2) is 12.2 Å². The molecule has 0 aromatic rings. The van der Waals surface area contributed by atoms with E-state index in [2.05, 4.69) is 31.1 Å². The van der Waals surface area contributed by atoms with E-state index < -0.39 is 0 Å². The van der Waals surface area contributed by atoms with Gasteiger partial charge in [0.05, 0.1) is 25.9 Å². The maximum absolute atomic E-state index is 12.2. The molecule has 0 unspecified atom stereocenters. The van der Waals surface area contributed by atoms with E-state index in [0.29, 0.717) is 32.8 Å². The van der Waals surface area contributed by atoms with Crippen molar-refractivity contribution >= 4 is 11.7 Å². The zero-order valence-electron chi connectivity index (χ0n) is 19.1. The Kier molecular flexibility index (Phi) is 12.5. The van der Waals surface area contributed by atoms with E-state index >= 15 is 0 Å². The number of hydrogen-bond donors (Lipinski definition) is 2. The minimum atomic E-state index is -0.274. The van der Waals surface area contributed by atoms with Gasteiger partial charge in [-0.3, -0.25) is 9.59 Å². The lowest BCUT2D eigenvalue weighted by Gasteiger charge is -2.28. The largest absolute Gasteiger partial charge is 0.384 e. The molecule has 6 nitrogen and oxygen atoms in total. The van der Waals surface area contributed by atoms with E-state index in [1.807, 2.05) is 13.8 Å². The molecule has 2 N–H and O–H groups in total. The Balaban J connectivity index is 4.04. The van der Waals surface area contributed by atoms with Gasteiger partial charge in [-0.2, -0.15) is 0 Å². The van der Waals surface area contributed by atoms with Crippen LogP contribution in [-0.4, -0.2) is 58.3 Å². The van der Waals surface area contributed by atoms with Gasteiger partial charge in [0.15, 0.2) is 5.78 Å². The summed E-state index contributed by atoms with van der Waals surface area (Å²) in [5.41, 5.74) is 0.644. The highest BCUT2D eigenvalue weighted by Crippen LogP contribution is 2.23. The zero-order valence-corrected chi connectivity index (χ0v) is 19.1. The number of nitrogens with one attached hydrogen (secondary N) is 2. The molecule has 1 amide bonds. The molecule has 28 heavy (non-hydrogen) atoms. The van der Waals surface area contributed by atoms with Crippen LogP contribution in [0.2, 0.25) is 0 Å². The number of carbonyl (C=O) groups excluding carboxylic acids is 2. The first-order chi connectivity index (χ1) is 12.9. The van der Waals surface area contributed by atoms with Gasteiger partial charge in [-0.25, -0.2) is 0 Å². The maximum atomic E-state index is 12.2. The Labute approximate surface area is 171 Å². The molecular weight excluding hydrogens is 356 g/mol. The fourth-order valence-electron chi connectivity index (χ4n) is 3.13. The first kappa shape index (κ1) is 26.8. The summed E-state index contributed by atoms with van der Waals surface area (Å²) in [7, 11) is 3.45. The van der Waals surface area contributed by atoms with E-state index in [-0.39, 0.29) is 28.6 Å². The SMILES string of the molecule is C=C(CCCCNC(=O)CC(C)(C)COCC(C)(C)COC)[C@H](NC)C(C)=O. The molecular formula is C22H42N2O4. The Morgan fingerprint density at radius 2 is 1.64 bits per heavy atom. The van der Waals surface area contributed by atoms with Gasteiger partial charge in [-0.05, 0) is 38.6 Å². The van der Waals surface area contributed by atoms with Crippen LogP contribution >= 0.6 is 0 Å². The quantitative estimate of drug-likeness (QED) is 0.309. The van der Waals surface area contributed by atoms with Gasteiger partial charge in [0.2, 0.25) is 5.91 Å². The summed E-state index contributed by atoms with van der Waals surface area (Å²) in [6.45, 7) is 16.2. The van der Waals surface area contributed by atoms with Gasteiger partial charge in [-0.15, -0.1) is 0 Å². The number of amides is 1. The molecule has 0 aromatic carbocycles. The van der Waals surface area contributed by atoms with E-state index in [9.17, 15) is 9.59 Å². The number of unbranched alkanes of at least 4 members (excludes halogenated alkanes) is 1. The van der Waals surface area contributed by atoms with Crippen LogP contribution in [0.1, 0.15) is 60.3 Å². The van der Waals surface area contributed by atoms with E-state index in [1.54, 1.807) is 21.1 Å². The predicted molar refractivity (Wildman–Crippen MR) is 114 cm³/mol. The predicted octanol–water partition coefficient (Wildman–Crippen LogP) is 3.11. The summed E-state index contributed by atoms with van der Waals surface area (Å²) in [4.78, 5) is 23.7. The van der Waals surface area contributed by atoms with Crippen LogP contribution < -0.4 is 10.6 Å². The van der Waals surface area contributed by atoms with Gasteiger partial charge in [0.1, 0.15) is 0 Å². The van der Waals surface area contributed by atoms with Crippen LogP contribution in [0.3, 0.4) is 0 Å². The minimum Gasteiger partial charge on any atom is -0.384 e. The lowest BCUT2D eigenvalue weighted by molar-refractivity contribution is -0.124. The smallest absolute Gasteiger partial charge is 0.220 e. The van der Waals surface area contributed by atoms with E-state index in [1.165, 1.54) is 0 Å². The average Bonchev–Trinajstić information content (AvgIpc) is 2.53. The van der Waals surface area contributed by atoms with Crippen molar-refractivity contribution < 1.29 is 19.1 Å². The summed E-state index contributed by atoms with van der Waals surface area (Å²) in [6.07, 6.45) is 2.96. The van der Waals surface area contributed by atoms with Crippen molar-refractivity contribution in [2.24, 2.45) is 10.8 Å². The molecule has 0 saturated carbocycles. The first-order valence-electron chi connectivity index (χ1n) is 10.1. The molecule has 0 fully saturated rings. The van der Waals surface area contributed by atoms with Crippen molar-refractivity contribution in [3.8, 4) is 0 Å². The van der Waals surface area contributed by atoms with Crippen molar-refractivity contribution in [2.45, 2.75) is 66.3 Å². The van der Waals surface area contributed by atoms with Crippen LogP contribution in [0.25, 0.3) is 0 Å². The molecule has 0 rings (SSSR count). The monoisotopic (exact) mass is 398 g/mol. The number of hydrogen-bond acceptors (Lipinski definition) is 5. The summed E-state index contributed by atoms with van der Waals surface area (Å²) in [5, 5.41) is 5.96. The molecule has 0 aliphatic rings. The van der Waals surface area contributed by atoms with Crippen LogP contribution in [0.5, 0.6) is 0 Å². The number of Topliss-reactive ketones (excluding diaryl/α,β-unsaturated/α-hetero) is 1. The minimum absolute atomic E-state index is 0.0359. The lowest BCUT2D eigenvalue weighted by atomic mass is 9.89. The second-order valence-electron chi connectivity index (χ2n) is 9.23. The molecule has 6 heteroatoms. The van der Waals surface area contributed by atoms with Gasteiger partial charge in [0.25, 0.3) is 0 Å². The van der Waals surface area contributed by atoms with E-state index in [4.69, 9.17) is 9.47 Å². The summed E-state index contributed by atoms with van der Waals surface area (Å²) < 4.78 is 11.0. The summed E-state index contributed by atoms with van der Waals surface area (Å²) in [6, 6.07) is -0.274. The van der Waals surface area contributed by atoms with Gasteiger partial charge >= 0.3 is 0 Å². The zero-order chi connectivity index (χ0) is 21.8. The second-order valence-corrected chi connectivity index (χ2v) is 9.23. The summed E-state index contributed by atoms with van der Waals surface area (Å²) in [5.74, 6) is 0.122. The molecule has 0 aliphatic carbocycles. The van der Waals surface area contributed by atoms with Crippen molar-refractivity contribution in [1.29, 1.82) is 0 Å². The number of methoxy groups -OCH3 is 1. The van der Waals surface area contributed by atoms with Crippen LogP contribution in [0, 0.1) is 10.8 Å². The van der Waals surface area contributed by atoms with Crippen LogP contribution in [-0.2, 0) is 19.1 Å².